The van der Waals surface area contributed by atoms with Gasteiger partial charge in [0.1, 0.15) is 0 Å². The number of hydrogen-bond donors (Lipinski definition) is 2. The van der Waals surface area contributed by atoms with Crippen LogP contribution in [0.2, 0.25) is 0 Å². The summed E-state index contributed by atoms with van der Waals surface area (Å²) in [7, 11) is 0. The molecule has 0 radical (unpaired) electrons. The van der Waals surface area contributed by atoms with Gasteiger partial charge in [0.05, 0.1) is 12.1 Å². The molecule has 1 aliphatic rings. The van der Waals surface area contributed by atoms with E-state index in [4.69, 9.17) is 0 Å². The molecule has 2 rings (SSSR count). The molecule has 2 atom stereocenters. The minimum absolute atomic E-state index is 0.104. The maximum absolute atomic E-state index is 11.8. The van der Waals surface area contributed by atoms with Crippen LogP contribution in [0, 0.1) is 0 Å². The normalized spacial score (nSPS) is 23.0. The smallest absolute Gasteiger partial charge is 0.250 e. The van der Waals surface area contributed by atoms with Gasteiger partial charge in [-0.2, -0.15) is 0 Å². The van der Waals surface area contributed by atoms with Crippen LogP contribution in [0.1, 0.15) is 32.1 Å². The van der Waals surface area contributed by atoms with E-state index in [-0.39, 0.29) is 23.9 Å². The molecule has 0 saturated heterocycles. The molecular weight excluding hydrogens is 244 g/mol. The van der Waals surface area contributed by atoms with Crippen LogP contribution in [-0.4, -0.2) is 27.7 Å². The standard InChI is InChI=1S/C14H20N2O3/c17-12-6-2-1-5-11(12)15-13(18)8-10-16-9-4-3-7-14(16)19/h3-4,7,9,11-12,17H,1-2,5-6,8,10H2,(H,15,18)/t11-,12-/m0/s1. The number of hydrogen-bond acceptors (Lipinski definition) is 3. The fourth-order valence-corrected chi connectivity index (χ4v) is 2.43. The van der Waals surface area contributed by atoms with Crippen LogP contribution in [0.15, 0.2) is 29.2 Å². The zero-order valence-corrected chi connectivity index (χ0v) is 10.9. The van der Waals surface area contributed by atoms with E-state index in [2.05, 4.69) is 5.32 Å². The van der Waals surface area contributed by atoms with Gasteiger partial charge in [-0.05, 0) is 18.9 Å². The van der Waals surface area contributed by atoms with Crippen molar-refractivity contribution in [1.82, 2.24) is 9.88 Å². The van der Waals surface area contributed by atoms with Gasteiger partial charge in [-0.25, -0.2) is 0 Å². The molecule has 0 spiro atoms. The zero-order valence-electron chi connectivity index (χ0n) is 10.9. The lowest BCUT2D eigenvalue weighted by Crippen LogP contribution is -2.45. The molecule has 1 fully saturated rings. The molecule has 104 valence electrons. The summed E-state index contributed by atoms with van der Waals surface area (Å²) in [6.45, 7) is 0.369. The Hall–Kier alpha value is -1.62. The minimum Gasteiger partial charge on any atom is -0.391 e. The lowest BCUT2D eigenvalue weighted by molar-refractivity contribution is -0.123. The van der Waals surface area contributed by atoms with E-state index in [9.17, 15) is 14.7 Å². The Balaban J connectivity index is 1.81. The Morgan fingerprint density at radius 2 is 2.16 bits per heavy atom. The van der Waals surface area contributed by atoms with Gasteiger partial charge in [-0.15, -0.1) is 0 Å². The molecule has 1 aromatic rings. The Morgan fingerprint density at radius 1 is 1.37 bits per heavy atom. The first-order valence-corrected chi connectivity index (χ1v) is 6.80. The molecular formula is C14H20N2O3. The van der Waals surface area contributed by atoms with E-state index < -0.39 is 6.10 Å². The Labute approximate surface area is 112 Å². The molecule has 0 aromatic carbocycles. The van der Waals surface area contributed by atoms with Crippen molar-refractivity contribution in [3.05, 3.63) is 34.7 Å². The maximum Gasteiger partial charge on any atom is 0.250 e. The van der Waals surface area contributed by atoms with Crippen molar-refractivity contribution in [3.8, 4) is 0 Å². The van der Waals surface area contributed by atoms with Crippen molar-refractivity contribution in [2.45, 2.75) is 50.8 Å². The van der Waals surface area contributed by atoms with Crippen molar-refractivity contribution in [2.24, 2.45) is 0 Å². The topological polar surface area (TPSA) is 71.3 Å². The molecule has 5 nitrogen and oxygen atoms in total. The van der Waals surface area contributed by atoms with Gasteiger partial charge in [0, 0.05) is 25.2 Å². The highest BCUT2D eigenvalue weighted by Crippen LogP contribution is 2.18. The monoisotopic (exact) mass is 264 g/mol. The van der Waals surface area contributed by atoms with Crippen LogP contribution < -0.4 is 10.9 Å². The van der Waals surface area contributed by atoms with E-state index in [1.807, 2.05) is 0 Å². The summed E-state index contributed by atoms with van der Waals surface area (Å²) < 4.78 is 1.51. The van der Waals surface area contributed by atoms with Crippen LogP contribution in [0.4, 0.5) is 0 Å². The van der Waals surface area contributed by atoms with Crippen molar-refractivity contribution < 1.29 is 9.90 Å². The molecule has 19 heavy (non-hydrogen) atoms. The van der Waals surface area contributed by atoms with Crippen LogP contribution in [0.25, 0.3) is 0 Å². The molecule has 5 heteroatoms. The highest BCUT2D eigenvalue weighted by atomic mass is 16.3. The van der Waals surface area contributed by atoms with E-state index in [1.54, 1.807) is 18.3 Å². The Kier molecular flexibility index (Phi) is 4.74. The average Bonchev–Trinajstić information content (AvgIpc) is 2.40. The summed E-state index contributed by atoms with van der Waals surface area (Å²) >= 11 is 0. The average molecular weight is 264 g/mol. The second kappa shape index (κ2) is 6.52. The second-order valence-corrected chi connectivity index (χ2v) is 5.01. The van der Waals surface area contributed by atoms with Gasteiger partial charge in [0.2, 0.25) is 5.91 Å². The fourth-order valence-electron chi connectivity index (χ4n) is 2.43. The van der Waals surface area contributed by atoms with Gasteiger partial charge >= 0.3 is 0 Å². The number of pyridine rings is 1. The third kappa shape index (κ3) is 3.92. The predicted octanol–water partition coefficient (Wildman–Crippen LogP) is 0.658. The summed E-state index contributed by atoms with van der Waals surface area (Å²) in [5, 5.41) is 12.6. The Morgan fingerprint density at radius 3 is 2.89 bits per heavy atom. The lowest BCUT2D eigenvalue weighted by atomic mass is 9.92. The van der Waals surface area contributed by atoms with Gasteiger partial charge < -0.3 is 15.0 Å². The summed E-state index contributed by atoms with van der Waals surface area (Å²) in [6, 6.07) is 4.79. The number of aromatic nitrogens is 1. The lowest BCUT2D eigenvalue weighted by Gasteiger charge is -2.28. The third-order valence-electron chi connectivity index (χ3n) is 3.55. The molecule has 1 amide bonds. The van der Waals surface area contributed by atoms with E-state index in [0.717, 1.165) is 25.7 Å². The molecule has 0 unspecified atom stereocenters. The summed E-state index contributed by atoms with van der Waals surface area (Å²) in [6.07, 6.45) is 5.14. The number of nitrogens with one attached hydrogen (secondary N) is 1. The number of carbonyl (C=O) groups is 1. The summed E-state index contributed by atoms with van der Waals surface area (Å²) in [5.41, 5.74) is -0.104. The van der Waals surface area contributed by atoms with Crippen molar-refractivity contribution in [3.63, 3.8) is 0 Å². The van der Waals surface area contributed by atoms with E-state index >= 15 is 0 Å². The van der Waals surface area contributed by atoms with Crippen LogP contribution >= 0.6 is 0 Å². The minimum atomic E-state index is -0.433. The molecule has 0 aliphatic heterocycles. The van der Waals surface area contributed by atoms with Crippen molar-refractivity contribution in [2.75, 3.05) is 0 Å². The number of rotatable bonds is 4. The van der Waals surface area contributed by atoms with E-state index in [1.165, 1.54) is 10.6 Å². The number of nitrogens with zero attached hydrogens (tertiary/aromatic N) is 1. The first kappa shape index (κ1) is 13.8. The number of carbonyl (C=O) groups excluding carboxylic acids is 1. The number of aryl methyl sites for hydroxylation is 1. The molecule has 1 saturated carbocycles. The quantitative estimate of drug-likeness (QED) is 0.839. The van der Waals surface area contributed by atoms with Crippen LogP contribution in [0.3, 0.4) is 0 Å². The first-order chi connectivity index (χ1) is 9.16. The maximum atomic E-state index is 11.8. The van der Waals surface area contributed by atoms with Gasteiger partial charge in [-0.3, -0.25) is 9.59 Å². The Bertz CT molecular complexity index is 484. The highest BCUT2D eigenvalue weighted by molar-refractivity contribution is 5.76. The molecule has 1 aromatic heterocycles. The first-order valence-electron chi connectivity index (χ1n) is 6.80. The van der Waals surface area contributed by atoms with Crippen LogP contribution in [0.5, 0.6) is 0 Å². The van der Waals surface area contributed by atoms with Crippen LogP contribution in [-0.2, 0) is 11.3 Å². The van der Waals surface area contributed by atoms with Gasteiger partial charge in [0.25, 0.3) is 5.56 Å². The number of aliphatic hydroxyl groups excluding tert-OH is 1. The van der Waals surface area contributed by atoms with E-state index in [0.29, 0.717) is 6.54 Å². The fraction of sp³-hybridized carbons (Fsp3) is 0.571. The van der Waals surface area contributed by atoms with Crippen molar-refractivity contribution in [1.29, 1.82) is 0 Å². The molecule has 1 heterocycles. The SMILES string of the molecule is O=C(CCn1ccccc1=O)N[C@H]1CCCC[C@@H]1O. The third-order valence-corrected chi connectivity index (χ3v) is 3.55. The van der Waals surface area contributed by atoms with Crippen molar-refractivity contribution >= 4 is 5.91 Å². The highest BCUT2D eigenvalue weighted by Gasteiger charge is 2.24. The van der Waals surface area contributed by atoms with Gasteiger partial charge in [-0.1, -0.05) is 18.9 Å². The molecule has 0 bridgehead atoms. The van der Waals surface area contributed by atoms with Gasteiger partial charge in [0.15, 0.2) is 0 Å². The number of amides is 1. The molecule has 1 aliphatic carbocycles. The second-order valence-electron chi connectivity index (χ2n) is 5.01. The molecule has 2 N–H and O–H groups in total. The summed E-state index contributed by atoms with van der Waals surface area (Å²) in [4.78, 5) is 23.3. The largest absolute Gasteiger partial charge is 0.391 e. The zero-order chi connectivity index (χ0) is 13.7. The summed E-state index contributed by atoms with van der Waals surface area (Å²) in [5.74, 6) is -0.110. The number of aliphatic hydroxyl groups is 1. The predicted molar refractivity (Wildman–Crippen MR) is 71.7 cm³/mol.